The van der Waals surface area contributed by atoms with Crippen molar-refractivity contribution in [3.63, 3.8) is 0 Å². The van der Waals surface area contributed by atoms with Crippen LogP contribution in [0.15, 0.2) is 61.1 Å². The summed E-state index contributed by atoms with van der Waals surface area (Å²) in [5.41, 5.74) is 4.99. The zero-order valence-electron chi connectivity index (χ0n) is 20.1. The minimum atomic E-state index is -0.368. The molecular formula is C28H25FN6O. The summed E-state index contributed by atoms with van der Waals surface area (Å²) >= 11 is 0. The van der Waals surface area contributed by atoms with Crippen LogP contribution >= 0.6 is 0 Å². The molecule has 8 heteroatoms. The minimum absolute atomic E-state index is 0.0394. The molecule has 0 spiro atoms. The zero-order valence-corrected chi connectivity index (χ0v) is 20.1. The lowest BCUT2D eigenvalue weighted by Gasteiger charge is -2.21. The molecule has 4 aromatic rings. The molecule has 0 unspecified atom stereocenters. The van der Waals surface area contributed by atoms with Crippen LogP contribution in [-0.2, 0) is 11.3 Å². The van der Waals surface area contributed by atoms with Gasteiger partial charge < -0.3 is 14.4 Å². The summed E-state index contributed by atoms with van der Waals surface area (Å²) in [4.78, 5) is 21.1. The van der Waals surface area contributed by atoms with E-state index in [0.717, 1.165) is 34.9 Å². The quantitative estimate of drug-likeness (QED) is 0.385. The monoisotopic (exact) mass is 480 g/mol. The van der Waals surface area contributed by atoms with Crippen LogP contribution in [0.1, 0.15) is 17.5 Å². The molecule has 1 fully saturated rings. The van der Waals surface area contributed by atoms with E-state index in [1.54, 1.807) is 29.3 Å². The molecule has 1 amide bonds. The van der Waals surface area contributed by atoms with Gasteiger partial charge in [0.1, 0.15) is 0 Å². The number of imidazole rings is 1. The van der Waals surface area contributed by atoms with E-state index in [0.29, 0.717) is 36.3 Å². The third kappa shape index (κ3) is 3.60. The Kier molecular flexibility index (Phi) is 5.23. The Morgan fingerprint density at radius 1 is 1.14 bits per heavy atom. The van der Waals surface area contributed by atoms with E-state index in [1.807, 2.05) is 59.9 Å². The molecule has 2 aromatic heterocycles. The largest absolute Gasteiger partial charge is 0.340 e. The Morgan fingerprint density at radius 2 is 1.92 bits per heavy atom. The Morgan fingerprint density at radius 3 is 2.67 bits per heavy atom. The first-order valence-corrected chi connectivity index (χ1v) is 11.9. The molecular weight excluding hydrogens is 455 g/mol. The van der Waals surface area contributed by atoms with Gasteiger partial charge >= 0.3 is 0 Å². The second kappa shape index (κ2) is 8.47. The summed E-state index contributed by atoms with van der Waals surface area (Å²) in [6.45, 7) is 1.62. The van der Waals surface area contributed by atoms with Crippen molar-refractivity contribution in [2.24, 2.45) is 5.92 Å². The Balaban J connectivity index is 1.42. The average molecular weight is 481 g/mol. The van der Waals surface area contributed by atoms with Crippen LogP contribution in [0, 0.1) is 23.1 Å². The molecule has 0 saturated carbocycles. The highest BCUT2D eigenvalue weighted by molar-refractivity contribution is 5.96. The van der Waals surface area contributed by atoms with Crippen LogP contribution in [0.3, 0.4) is 0 Å². The Hall–Kier alpha value is -4.22. The summed E-state index contributed by atoms with van der Waals surface area (Å²) < 4.78 is 20.1. The number of nitrogens with zero attached hydrogens (tertiary/aromatic N) is 6. The molecule has 1 saturated heterocycles. The van der Waals surface area contributed by atoms with Gasteiger partial charge in [-0.2, -0.15) is 5.26 Å². The van der Waals surface area contributed by atoms with Gasteiger partial charge in [0.05, 0.1) is 35.2 Å². The molecule has 0 radical (unpaired) electrons. The Bertz CT molecular complexity index is 1520. The Labute approximate surface area is 208 Å². The SMILES string of the molecule is CN(C)C[C@H]1CC(=O)N(c2ccc3c(c2F)Cn2cc(-c4ccc(C#N)cc4)cc2-c2nccn2-3)C1. The van der Waals surface area contributed by atoms with Gasteiger partial charge in [-0.1, -0.05) is 12.1 Å². The molecule has 2 aliphatic heterocycles. The number of amides is 1. The third-order valence-corrected chi connectivity index (χ3v) is 7.02. The van der Waals surface area contributed by atoms with Gasteiger partial charge in [0.15, 0.2) is 11.6 Å². The molecule has 2 aromatic carbocycles. The van der Waals surface area contributed by atoms with Crippen molar-refractivity contribution >= 4 is 11.6 Å². The predicted octanol–water partition coefficient (Wildman–Crippen LogP) is 4.29. The van der Waals surface area contributed by atoms with Crippen LogP contribution in [0.5, 0.6) is 0 Å². The lowest BCUT2D eigenvalue weighted by Crippen LogP contribution is -2.28. The van der Waals surface area contributed by atoms with Gasteiger partial charge in [0.25, 0.3) is 0 Å². The second-order valence-corrected chi connectivity index (χ2v) is 9.79. The number of hydrogen-bond donors (Lipinski definition) is 0. The number of anilines is 1. The standard InChI is InChI=1S/C28H25FN6O/c1-32(2)14-19-11-26(36)35(15-19)24-8-7-23-22(27(24)29)17-33-16-21(20-5-3-18(13-30)4-6-20)12-25(33)28-31-9-10-34(23)28/h3-10,12,16,19H,11,14-15,17H2,1-2H3/t19-/m1/s1. The molecule has 2 aliphatic rings. The minimum Gasteiger partial charge on any atom is -0.340 e. The van der Waals surface area contributed by atoms with Gasteiger partial charge in [-0.25, -0.2) is 9.37 Å². The summed E-state index contributed by atoms with van der Waals surface area (Å²) in [6.07, 6.45) is 5.97. The number of carbonyl (C=O) groups excluding carboxylic acids is 1. The van der Waals surface area contributed by atoms with Gasteiger partial charge in [-0.15, -0.1) is 0 Å². The number of hydrogen-bond acceptors (Lipinski definition) is 4. The van der Waals surface area contributed by atoms with Crippen molar-refractivity contribution in [2.45, 2.75) is 13.0 Å². The van der Waals surface area contributed by atoms with Crippen molar-refractivity contribution in [3.05, 3.63) is 78.0 Å². The first kappa shape index (κ1) is 22.3. The molecule has 0 aliphatic carbocycles. The molecule has 36 heavy (non-hydrogen) atoms. The van der Waals surface area contributed by atoms with Gasteiger partial charge in [0.2, 0.25) is 5.91 Å². The number of rotatable bonds is 4. The number of aromatic nitrogens is 3. The molecule has 6 rings (SSSR count). The summed E-state index contributed by atoms with van der Waals surface area (Å²) in [6, 6.07) is 15.2. The normalized spacial score (nSPS) is 16.5. The van der Waals surface area contributed by atoms with E-state index < -0.39 is 0 Å². The topological polar surface area (TPSA) is 70.1 Å². The van der Waals surface area contributed by atoms with Crippen molar-refractivity contribution in [1.82, 2.24) is 19.0 Å². The van der Waals surface area contributed by atoms with E-state index in [1.165, 1.54) is 0 Å². The fraction of sp³-hybridized carbons (Fsp3) is 0.250. The van der Waals surface area contributed by atoms with Crippen molar-refractivity contribution in [3.8, 4) is 34.4 Å². The van der Waals surface area contributed by atoms with Crippen LogP contribution in [0.25, 0.3) is 28.3 Å². The maximum atomic E-state index is 16.2. The lowest BCUT2D eigenvalue weighted by atomic mass is 10.1. The fourth-order valence-corrected chi connectivity index (χ4v) is 5.42. The van der Waals surface area contributed by atoms with Gasteiger partial charge in [-0.3, -0.25) is 9.36 Å². The molecule has 4 heterocycles. The number of nitriles is 1. The highest BCUT2D eigenvalue weighted by atomic mass is 19.1. The van der Waals surface area contributed by atoms with E-state index in [9.17, 15) is 4.79 Å². The number of carbonyl (C=O) groups is 1. The van der Waals surface area contributed by atoms with E-state index in [2.05, 4.69) is 16.0 Å². The third-order valence-electron chi connectivity index (χ3n) is 7.02. The maximum Gasteiger partial charge on any atom is 0.227 e. The molecule has 7 nitrogen and oxygen atoms in total. The van der Waals surface area contributed by atoms with Crippen molar-refractivity contribution in [1.29, 1.82) is 5.26 Å². The number of fused-ring (bicyclic) bond motifs is 5. The van der Waals surface area contributed by atoms with Gasteiger partial charge in [-0.05, 0) is 55.9 Å². The van der Waals surface area contributed by atoms with Crippen LogP contribution in [-0.4, -0.2) is 52.1 Å². The maximum absolute atomic E-state index is 16.2. The van der Waals surface area contributed by atoms with E-state index in [-0.39, 0.29) is 17.6 Å². The van der Waals surface area contributed by atoms with Crippen LogP contribution in [0.2, 0.25) is 0 Å². The fourth-order valence-electron chi connectivity index (χ4n) is 5.42. The first-order valence-electron chi connectivity index (χ1n) is 11.9. The molecule has 0 bridgehead atoms. The van der Waals surface area contributed by atoms with Crippen molar-refractivity contribution < 1.29 is 9.18 Å². The smallest absolute Gasteiger partial charge is 0.227 e. The summed E-state index contributed by atoms with van der Waals surface area (Å²) in [5.74, 6) is 0.496. The highest BCUT2D eigenvalue weighted by Crippen LogP contribution is 2.38. The average Bonchev–Trinajstić information content (AvgIpc) is 3.57. The number of benzene rings is 2. The molecule has 180 valence electrons. The summed E-state index contributed by atoms with van der Waals surface area (Å²) in [7, 11) is 3.97. The summed E-state index contributed by atoms with van der Waals surface area (Å²) in [5, 5.41) is 9.11. The second-order valence-electron chi connectivity index (χ2n) is 9.79. The van der Waals surface area contributed by atoms with Crippen LogP contribution < -0.4 is 4.90 Å². The van der Waals surface area contributed by atoms with Crippen LogP contribution in [0.4, 0.5) is 10.1 Å². The lowest BCUT2D eigenvalue weighted by molar-refractivity contribution is -0.117. The van der Waals surface area contributed by atoms with Gasteiger partial charge in [0, 0.05) is 49.2 Å². The molecule has 1 atom stereocenters. The molecule has 0 N–H and O–H groups in total. The van der Waals surface area contributed by atoms with Crippen molar-refractivity contribution in [2.75, 3.05) is 32.1 Å². The first-order chi connectivity index (χ1) is 17.4. The highest BCUT2D eigenvalue weighted by Gasteiger charge is 2.34. The predicted molar refractivity (Wildman–Crippen MR) is 135 cm³/mol. The zero-order chi connectivity index (χ0) is 25.0. The van der Waals surface area contributed by atoms with E-state index >= 15 is 4.39 Å². The van der Waals surface area contributed by atoms with E-state index in [4.69, 9.17) is 5.26 Å². The number of halogens is 1.